The van der Waals surface area contributed by atoms with Gasteiger partial charge in [-0.25, -0.2) is 0 Å². The average Bonchev–Trinajstić information content (AvgIpc) is 3.07. The van der Waals surface area contributed by atoms with Crippen molar-refractivity contribution in [2.75, 3.05) is 18.0 Å². The maximum Gasteiger partial charge on any atom is 0.406 e. The van der Waals surface area contributed by atoms with Gasteiger partial charge in [0.15, 0.2) is 5.69 Å². The van der Waals surface area contributed by atoms with E-state index in [2.05, 4.69) is 4.99 Å². The molecule has 1 aliphatic heterocycles. The summed E-state index contributed by atoms with van der Waals surface area (Å²) >= 11 is 12.5. The minimum Gasteiger partial charge on any atom is -0.305 e. The van der Waals surface area contributed by atoms with E-state index in [-0.39, 0.29) is 39.3 Å². The van der Waals surface area contributed by atoms with Crippen molar-refractivity contribution in [2.24, 2.45) is 4.99 Å². The number of fused-ring (bicyclic) bond motifs is 1. The van der Waals surface area contributed by atoms with Crippen LogP contribution in [0.5, 0.6) is 0 Å². The lowest BCUT2D eigenvalue weighted by Crippen LogP contribution is -2.61. The number of benzene rings is 3. The third-order valence-electron chi connectivity index (χ3n) is 6.25. The van der Waals surface area contributed by atoms with Crippen LogP contribution in [-0.2, 0) is 14.4 Å². The van der Waals surface area contributed by atoms with Gasteiger partial charge in [-0.3, -0.25) is 4.99 Å². The molecule has 1 heterocycles. The van der Waals surface area contributed by atoms with Crippen molar-refractivity contribution in [1.82, 2.24) is 4.65 Å². The van der Waals surface area contributed by atoms with E-state index in [1.807, 2.05) is 6.07 Å². The SMILES string of the molecule is CC[N+]1(OS(=O)(=O)c2ccc(C)cc2)c2cc(Cl)c(Cl)cc2N(CC(F)(F)F)C1CC=Nc1ccccc1. The van der Waals surface area contributed by atoms with Gasteiger partial charge >= 0.3 is 16.3 Å². The number of nitrogens with zero attached hydrogens (tertiary/aromatic N) is 3. The van der Waals surface area contributed by atoms with Crippen LogP contribution in [0.3, 0.4) is 0 Å². The van der Waals surface area contributed by atoms with Crippen molar-refractivity contribution in [2.45, 2.75) is 37.5 Å². The predicted octanol–water partition coefficient (Wildman–Crippen LogP) is 7.45. The van der Waals surface area contributed by atoms with Gasteiger partial charge in [-0.15, -0.1) is 4.65 Å². The summed E-state index contributed by atoms with van der Waals surface area (Å²) in [6.45, 7) is 2.04. The lowest BCUT2D eigenvalue weighted by atomic mass is 10.2. The highest BCUT2D eigenvalue weighted by molar-refractivity contribution is 7.86. The lowest BCUT2D eigenvalue weighted by Gasteiger charge is -2.36. The van der Waals surface area contributed by atoms with Crippen molar-refractivity contribution >= 4 is 56.6 Å². The first kappa shape index (κ1) is 28.4. The summed E-state index contributed by atoms with van der Waals surface area (Å²) in [5.41, 5.74) is 1.66. The molecule has 3 aromatic carbocycles. The maximum absolute atomic E-state index is 13.8. The standard InChI is InChI=1S/C26H25Cl2F3N3O3S/c1-3-34(37-38(35,36)20-11-9-18(2)10-12-20)24-16-22(28)21(27)15-23(24)33(17-26(29,30)31)25(34)13-14-32-19-7-5-4-6-8-19/h4-12,14-16,25H,3,13,17H2,1-2H3/q+1. The number of rotatable bonds is 8. The highest BCUT2D eigenvalue weighted by atomic mass is 35.5. The number of alkyl halides is 3. The zero-order chi connectivity index (χ0) is 27.7. The molecule has 0 aliphatic carbocycles. The smallest absolute Gasteiger partial charge is 0.305 e. The first-order chi connectivity index (χ1) is 17.9. The summed E-state index contributed by atoms with van der Waals surface area (Å²) in [6, 6.07) is 17.5. The molecule has 0 radical (unpaired) electrons. The van der Waals surface area contributed by atoms with Crippen LogP contribution in [0.1, 0.15) is 18.9 Å². The van der Waals surface area contributed by atoms with Crippen LogP contribution < -0.4 is 9.55 Å². The second-order valence-electron chi connectivity index (χ2n) is 8.82. The highest BCUT2D eigenvalue weighted by Crippen LogP contribution is 2.51. The number of hydrogen-bond donors (Lipinski definition) is 0. The predicted molar refractivity (Wildman–Crippen MR) is 145 cm³/mol. The number of anilines is 1. The summed E-state index contributed by atoms with van der Waals surface area (Å²) in [4.78, 5) is 5.30. The van der Waals surface area contributed by atoms with Gasteiger partial charge in [0, 0.05) is 12.3 Å². The Morgan fingerprint density at radius 3 is 2.29 bits per heavy atom. The van der Waals surface area contributed by atoms with E-state index in [4.69, 9.17) is 27.5 Å². The number of aliphatic imine (C=N–C) groups is 1. The van der Waals surface area contributed by atoms with E-state index < -0.39 is 33.7 Å². The van der Waals surface area contributed by atoms with Crippen molar-refractivity contribution in [3.8, 4) is 0 Å². The minimum absolute atomic E-state index is 0.0335. The van der Waals surface area contributed by atoms with Crippen LogP contribution in [0.25, 0.3) is 0 Å². The molecule has 202 valence electrons. The Hall–Kier alpha value is -2.63. The second kappa shape index (κ2) is 10.9. The first-order valence-electron chi connectivity index (χ1n) is 11.7. The molecule has 0 N–H and O–H groups in total. The molecule has 2 atom stereocenters. The molecule has 38 heavy (non-hydrogen) atoms. The van der Waals surface area contributed by atoms with E-state index in [1.54, 1.807) is 50.2 Å². The Morgan fingerprint density at radius 2 is 1.68 bits per heavy atom. The molecule has 0 spiro atoms. The molecule has 3 aromatic rings. The Kier molecular flexibility index (Phi) is 8.11. The molecule has 6 nitrogen and oxygen atoms in total. The number of halogens is 5. The summed E-state index contributed by atoms with van der Waals surface area (Å²) in [7, 11) is -4.43. The molecule has 12 heteroatoms. The topological polar surface area (TPSA) is 59.0 Å². The van der Waals surface area contributed by atoms with E-state index in [9.17, 15) is 21.6 Å². The van der Waals surface area contributed by atoms with Crippen molar-refractivity contribution in [1.29, 1.82) is 0 Å². The Balaban J connectivity index is 1.87. The molecule has 4 rings (SSSR count). The summed E-state index contributed by atoms with van der Waals surface area (Å²) < 4.78 is 73.6. The number of quaternary nitrogens is 1. The van der Waals surface area contributed by atoms with Crippen LogP contribution in [0, 0.1) is 6.92 Å². The fourth-order valence-electron chi connectivity index (χ4n) is 4.50. The van der Waals surface area contributed by atoms with Crippen LogP contribution in [-0.4, -0.2) is 40.1 Å². The number of para-hydroxylation sites is 1. The summed E-state index contributed by atoms with van der Waals surface area (Å²) in [5, 5.41) is 0.0926. The highest BCUT2D eigenvalue weighted by Gasteiger charge is 2.57. The number of aryl methyl sites for hydroxylation is 1. The van der Waals surface area contributed by atoms with Crippen molar-refractivity contribution in [3.63, 3.8) is 0 Å². The molecule has 0 aromatic heterocycles. The van der Waals surface area contributed by atoms with Crippen LogP contribution in [0.15, 0.2) is 76.6 Å². The molecule has 0 amide bonds. The van der Waals surface area contributed by atoms with E-state index >= 15 is 0 Å². The Bertz CT molecular complexity index is 1440. The van der Waals surface area contributed by atoms with Gasteiger partial charge in [0.2, 0.25) is 6.17 Å². The van der Waals surface area contributed by atoms with Gasteiger partial charge in [0.05, 0.1) is 27.0 Å². The van der Waals surface area contributed by atoms with Gasteiger partial charge in [0.1, 0.15) is 18.8 Å². The van der Waals surface area contributed by atoms with Crippen molar-refractivity contribution < 1.29 is 25.9 Å². The maximum atomic E-state index is 13.8. The summed E-state index contributed by atoms with van der Waals surface area (Å²) in [6.07, 6.45) is -4.38. The van der Waals surface area contributed by atoms with E-state index in [0.29, 0.717) is 5.69 Å². The first-order valence-corrected chi connectivity index (χ1v) is 13.8. The van der Waals surface area contributed by atoms with Gasteiger partial charge < -0.3 is 4.90 Å². The molecule has 1 aliphatic rings. The third-order valence-corrected chi connectivity index (χ3v) is 8.28. The van der Waals surface area contributed by atoms with Crippen LogP contribution in [0.2, 0.25) is 10.0 Å². The number of hydrogen-bond acceptors (Lipinski definition) is 5. The van der Waals surface area contributed by atoms with Crippen molar-refractivity contribution in [3.05, 3.63) is 82.3 Å². The van der Waals surface area contributed by atoms with Gasteiger partial charge in [-0.05, 0) is 44.2 Å². The second-order valence-corrected chi connectivity index (χ2v) is 11.2. The molecular formula is C26H25Cl2F3N3O3S+. The molecule has 0 bridgehead atoms. The average molecular weight is 587 g/mol. The number of hydroxylamine groups is 2. The van der Waals surface area contributed by atoms with E-state index in [0.717, 1.165) is 10.5 Å². The van der Waals surface area contributed by atoms with E-state index in [1.165, 1.54) is 30.5 Å². The normalized spacial score (nSPS) is 19.8. The largest absolute Gasteiger partial charge is 0.406 e. The zero-order valence-electron chi connectivity index (χ0n) is 20.5. The van der Waals surface area contributed by atoms with Crippen LogP contribution in [0.4, 0.5) is 30.2 Å². The molecule has 2 unspecified atom stereocenters. The fourth-order valence-corrected chi connectivity index (χ4v) is 6.01. The quantitative estimate of drug-likeness (QED) is 0.203. The third kappa shape index (κ3) is 5.84. The molecule has 0 fully saturated rings. The minimum atomic E-state index is -4.61. The molecule has 0 saturated carbocycles. The monoisotopic (exact) mass is 586 g/mol. The Morgan fingerprint density at radius 1 is 1.05 bits per heavy atom. The van der Waals surface area contributed by atoms with Gasteiger partial charge in [-0.2, -0.15) is 21.6 Å². The fraction of sp³-hybridized carbons (Fsp3) is 0.269. The molecule has 0 saturated heterocycles. The lowest BCUT2D eigenvalue weighted by molar-refractivity contribution is -0.126. The van der Waals surface area contributed by atoms with Gasteiger partial charge in [0.25, 0.3) is 0 Å². The van der Waals surface area contributed by atoms with Gasteiger partial charge in [-0.1, -0.05) is 63.4 Å². The zero-order valence-corrected chi connectivity index (χ0v) is 22.8. The molecular weight excluding hydrogens is 562 g/mol. The summed E-state index contributed by atoms with van der Waals surface area (Å²) in [5.74, 6) is 0. The van der Waals surface area contributed by atoms with Crippen LogP contribution >= 0.6 is 23.2 Å². The Labute approximate surface area is 229 Å².